The van der Waals surface area contributed by atoms with E-state index in [4.69, 9.17) is 9.72 Å². The molecule has 186 valence electrons. The van der Waals surface area contributed by atoms with Gasteiger partial charge in [-0.1, -0.05) is 36.4 Å². The first kappa shape index (κ1) is 25.1. The molecule has 0 fully saturated rings. The molecule has 1 aromatic heterocycles. The highest BCUT2D eigenvalue weighted by molar-refractivity contribution is 5.86. The molecular formula is C29H32N4O3. The van der Waals surface area contributed by atoms with Crippen LogP contribution in [0.1, 0.15) is 19.4 Å². The van der Waals surface area contributed by atoms with E-state index < -0.39 is 0 Å². The van der Waals surface area contributed by atoms with Crippen molar-refractivity contribution >= 4 is 16.8 Å². The molecular weight excluding hydrogens is 452 g/mol. The van der Waals surface area contributed by atoms with Crippen molar-refractivity contribution in [2.75, 3.05) is 21.2 Å². The number of methoxy groups -OCH3 is 1. The van der Waals surface area contributed by atoms with Gasteiger partial charge in [0, 0.05) is 18.2 Å². The smallest absolute Gasteiger partial charge is 0.262 e. The van der Waals surface area contributed by atoms with Crippen LogP contribution in [-0.4, -0.2) is 47.6 Å². The van der Waals surface area contributed by atoms with Crippen LogP contribution in [0.25, 0.3) is 33.4 Å². The van der Waals surface area contributed by atoms with E-state index >= 15 is 0 Å². The zero-order valence-electron chi connectivity index (χ0n) is 21.4. The van der Waals surface area contributed by atoms with Crippen LogP contribution in [0.3, 0.4) is 0 Å². The summed E-state index contributed by atoms with van der Waals surface area (Å²) in [4.78, 5) is 33.3. The second kappa shape index (κ2) is 10.7. The van der Waals surface area contributed by atoms with E-state index in [0.717, 1.165) is 17.7 Å². The topological polar surface area (TPSA) is 76.5 Å². The number of carbonyl (C=O) groups excluding carboxylic acids is 1. The van der Waals surface area contributed by atoms with E-state index in [1.807, 2.05) is 70.4 Å². The van der Waals surface area contributed by atoms with Gasteiger partial charge in [-0.15, -0.1) is 0 Å². The number of hydrogen-bond donors (Lipinski definition) is 1. The lowest BCUT2D eigenvalue weighted by molar-refractivity contribution is -0.122. The normalized spacial score (nSPS) is 11.3. The third-order valence-electron chi connectivity index (χ3n) is 5.79. The maximum atomic E-state index is 13.6. The van der Waals surface area contributed by atoms with Crippen molar-refractivity contribution < 1.29 is 9.53 Å². The highest BCUT2D eigenvalue weighted by atomic mass is 16.5. The Morgan fingerprint density at radius 2 is 1.72 bits per heavy atom. The second-order valence-corrected chi connectivity index (χ2v) is 9.45. The average molecular weight is 485 g/mol. The van der Waals surface area contributed by atoms with Crippen LogP contribution >= 0.6 is 0 Å². The summed E-state index contributed by atoms with van der Waals surface area (Å²) < 4.78 is 6.82. The van der Waals surface area contributed by atoms with Crippen LogP contribution < -0.4 is 15.6 Å². The summed E-state index contributed by atoms with van der Waals surface area (Å²) in [6.45, 7) is 4.48. The third-order valence-corrected chi connectivity index (χ3v) is 5.79. The molecule has 0 aliphatic rings. The Hall–Kier alpha value is -3.97. The van der Waals surface area contributed by atoms with E-state index in [-0.39, 0.29) is 24.1 Å². The van der Waals surface area contributed by atoms with Crippen molar-refractivity contribution in [1.82, 2.24) is 19.8 Å². The van der Waals surface area contributed by atoms with Gasteiger partial charge >= 0.3 is 0 Å². The molecule has 4 aromatic rings. The molecule has 3 aromatic carbocycles. The Bertz CT molecular complexity index is 1460. The van der Waals surface area contributed by atoms with E-state index in [2.05, 4.69) is 28.4 Å². The lowest BCUT2D eigenvalue weighted by atomic mass is 10.0. The molecule has 1 amide bonds. The van der Waals surface area contributed by atoms with Gasteiger partial charge in [0.15, 0.2) is 0 Å². The van der Waals surface area contributed by atoms with Gasteiger partial charge < -0.3 is 15.0 Å². The molecule has 0 aliphatic carbocycles. The van der Waals surface area contributed by atoms with Crippen LogP contribution in [0.4, 0.5) is 0 Å². The summed E-state index contributed by atoms with van der Waals surface area (Å²) in [6, 6.07) is 21.3. The quantitative estimate of drug-likeness (QED) is 0.403. The minimum Gasteiger partial charge on any atom is -0.497 e. The molecule has 0 aliphatic heterocycles. The largest absolute Gasteiger partial charge is 0.497 e. The molecule has 0 saturated heterocycles. The fourth-order valence-corrected chi connectivity index (χ4v) is 4.26. The zero-order valence-corrected chi connectivity index (χ0v) is 21.4. The van der Waals surface area contributed by atoms with Gasteiger partial charge in [-0.2, -0.15) is 0 Å². The zero-order chi connectivity index (χ0) is 25.8. The highest BCUT2D eigenvalue weighted by Crippen LogP contribution is 2.27. The summed E-state index contributed by atoms with van der Waals surface area (Å²) in [5, 5.41) is 3.33. The first-order valence-corrected chi connectivity index (χ1v) is 12.0. The summed E-state index contributed by atoms with van der Waals surface area (Å²) in [5.41, 5.74) is 4.25. The van der Waals surface area contributed by atoms with Gasteiger partial charge in [0.1, 0.15) is 18.1 Å². The number of fused-ring (bicyclic) bond motifs is 1. The van der Waals surface area contributed by atoms with Crippen molar-refractivity contribution in [2.45, 2.75) is 33.0 Å². The van der Waals surface area contributed by atoms with Gasteiger partial charge in [-0.05, 0) is 75.0 Å². The molecule has 0 radical (unpaired) electrons. The Balaban J connectivity index is 1.87. The lowest BCUT2D eigenvalue weighted by Gasteiger charge is -2.16. The van der Waals surface area contributed by atoms with Gasteiger partial charge in [0.05, 0.1) is 18.0 Å². The predicted molar refractivity (Wildman–Crippen MR) is 144 cm³/mol. The van der Waals surface area contributed by atoms with E-state index in [0.29, 0.717) is 28.0 Å². The number of rotatable bonds is 8. The summed E-state index contributed by atoms with van der Waals surface area (Å²) >= 11 is 0. The fraction of sp³-hybridized carbons (Fsp3) is 0.276. The van der Waals surface area contributed by atoms with Crippen molar-refractivity contribution in [3.05, 3.63) is 82.6 Å². The number of aromatic nitrogens is 2. The van der Waals surface area contributed by atoms with Crippen LogP contribution in [0.5, 0.6) is 5.75 Å². The van der Waals surface area contributed by atoms with Crippen LogP contribution in [-0.2, 0) is 17.9 Å². The molecule has 36 heavy (non-hydrogen) atoms. The Morgan fingerprint density at radius 1 is 1.00 bits per heavy atom. The van der Waals surface area contributed by atoms with Crippen LogP contribution in [0.2, 0.25) is 0 Å². The average Bonchev–Trinajstić information content (AvgIpc) is 2.84. The van der Waals surface area contributed by atoms with Crippen molar-refractivity contribution in [3.63, 3.8) is 0 Å². The summed E-state index contributed by atoms with van der Waals surface area (Å²) in [6.07, 6.45) is 0. The number of benzene rings is 3. The van der Waals surface area contributed by atoms with Gasteiger partial charge in [0.2, 0.25) is 5.91 Å². The first-order valence-electron chi connectivity index (χ1n) is 12.0. The predicted octanol–water partition coefficient (Wildman–Crippen LogP) is 4.33. The Labute approximate surface area is 211 Å². The fourth-order valence-electron chi connectivity index (χ4n) is 4.26. The van der Waals surface area contributed by atoms with Crippen molar-refractivity contribution in [3.8, 4) is 28.3 Å². The molecule has 1 N–H and O–H groups in total. The molecule has 0 bridgehead atoms. The number of amides is 1. The van der Waals surface area contributed by atoms with Gasteiger partial charge in [-0.25, -0.2) is 4.98 Å². The first-order chi connectivity index (χ1) is 17.2. The maximum absolute atomic E-state index is 13.6. The van der Waals surface area contributed by atoms with Crippen molar-refractivity contribution in [2.24, 2.45) is 0 Å². The third kappa shape index (κ3) is 5.63. The Kier molecular flexibility index (Phi) is 7.50. The summed E-state index contributed by atoms with van der Waals surface area (Å²) in [7, 11) is 5.67. The van der Waals surface area contributed by atoms with Crippen LogP contribution in [0.15, 0.2) is 71.5 Å². The van der Waals surface area contributed by atoms with E-state index in [1.165, 1.54) is 10.1 Å². The standard InChI is InChI=1S/C29H32N4O3/c1-19(2)30-27(34)18-33-28(23-10-7-11-24(15-23)36-5)31-26-16-22(12-13-25(26)29(33)35)21-9-6-8-20(14-21)17-32(3)4/h6-16,19H,17-18H2,1-5H3,(H,30,34). The number of hydrogen-bond acceptors (Lipinski definition) is 5. The second-order valence-electron chi connectivity index (χ2n) is 9.45. The maximum Gasteiger partial charge on any atom is 0.262 e. The highest BCUT2D eigenvalue weighted by Gasteiger charge is 2.17. The number of carbonyl (C=O) groups is 1. The van der Waals surface area contributed by atoms with E-state index in [1.54, 1.807) is 13.2 Å². The molecule has 4 rings (SSSR count). The molecule has 0 spiro atoms. The lowest BCUT2D eigenvalue weighted by Crippen LogP contribution is -2.37. The SMILES string of the molecule is COc1cccc(-c2nc3cc(-c4cccc(CN(C)C)c4)ccc3c(=O)n2CC(=O)NC(C)C)c1. The monoisotopic (exact) mass is 484 g/mol. The summed E-state index contributed by atoms with van der Waals surface area (Å²) in [5.74, 6) is 0.821. The number of ether oxygens (including phenoxy) is 1. The molecule has 0 saturated carbocycles. The minimum absolute atomic E-state index is 0.0345. The molecule has 7 nitrogen and oxygen atoms in total. The van der Waals surface area contributed by atoms with Gasteiger partial charge in [-0.3, -0.25) is 14.2 Å². The number of nitrogens with zero attached hydrogens (tertiary/aromatic N) is 3. The van der Waals surface area contributed by atoms with Crippen LogP contribution in [0, 0.1) is 0 Å². The molecule has 0 unspecified atom stereocenters. The van der Waals surface area contributed by atoms with Crippen molar-refractivity contribution in [1.29, 1.82) is 0 Å². The van der Waals surface area contributed by atoms with E-state index in [9.17, 15) is 9.59 Å². The molecule has 0 atom stereocenters. The minimum atomic E-state index is -0.260. The Morgan fingerprint density at radius 3 is 2.44 bits per heavy atom. The van der Waals surface area contributed by atoms with Gasteiger partial charge in [0.25, 0.3) is 5.56 Å². The molecule has 1 heterocycles. The molecule has 7 heteroatoms. The number of nitrogens with one attached hydrogen (secondary N) is 1.